The number of hydrogen-bond acceptors (Lipinski definition) is 7. The first kappa shape index (κ1) is 24.4. The van der Waals surface area contributed by atoms with E-state index in [1.54, 1.807) is 34.2 Å². The number of hydrogen-bond donors (Lipinski definition) is 0. The molecule has 0 N–H and O–H groups in total. The van der Waals surface area contributed by atoms with E-state index < -0.39 is 12.1 Å². The van der Waals surface area contributed by atoms with Crippen LogP contribution in [-0.2, 0) is 32.1 Å². The van der Waals surface area contributed by atoms with Gasteiger partial charge in [-0.2, -0.15) is 0 Å². The molecule has 9 heteroatoms. The van der Waals surface area contributed by atoms with E-state index in [2.05, 4.69) is 4.98 Å². The largest absolute Gasteiger partial charge is 0.479 e. The highest BCUT2D eigenvalue weighted by Crippen LogP contribution is 2.34. The van der Waals surface area contributed by atoms with E-state index >= 15 is 0 Å². The Kier molecular flexibility index (Phi) is 7.45. The van der Waals surface area contributed by atoms with Gasteiger partial charge in [-0.05, 0) is 37.1 Å². The fourth-order valence-corrected chi connectivity index (χ4v) is 4.78. The Balaban J connectivity index is 1.38. The second kappa shape index (κ2) is 10.7. The first-order valence-electron chi connectivity index (χ1n) is 11.4. The van der Waals surface area contributed by atoms with Gasteiger partial charge in [0.25, 0.3) is 5.91 Å². The number of benzene rings is 2. The molecule has 1 atom stereocenters. The highest BCUT2D eigenvalue weighted by Gasteiger charge is 2.31. The topological polar surface area (TPSA) is 89.0 Å². The summed E-state index contributed by atoms with van der Waals surface area (Å²) >= 11 is 1.32. The van der Waals surface area contributed by atoms with Crippen molar-refractivity contribution in [3.63, 3.8) is 0 Å². The van der Waals surface area contributed by atoms with Crippen molar-refractivity contribution in [2.45, 2.75) is 46.3 Å². The minimum Gasteiger partial charge on any atom is -0.479 e. The Hall–Kier alpha value is -3.72. The number of carbonyl (C=O) groups is 3. The normalized spacial score (nSPS) is 14.8. The Labute approximate surface area is 208 Å². The first-order valence-corrected chi connectivity index (χ1v) is 12.3. The number of nitrogens with zero attached hydrogens (tertiary/aromatic N) is 3. The average Bonchev–Trinajstić information content (AvgIpc) is 3.31. The minimum atomic E-state index is -0.614. The van der Waals surface area contributed by atoms with Gasteiger partial charge in [0.1, 0.15) is 12.4 Å². The quantitative estimate of drug-likeness (QED) is 0.425. The number of fused-ring (bicyclic) bond motifs is 1. The van der Waals surface area contributed by atoms with Crippen molar-refractivity contribution in [3.05, 3.63) is 65.2 Å². The van der Waals surface area contributed by atoms with Crippen LogP contribution in [0.25, 0.3) is 0 Å². The van der Waals surface area contributed by atoms with Crippen LogP contribution in [-0.4, -0.2) is 35.4 Å². The van der Waals surface area contributed by atoms with Gasteiger partial charge in [0.05, 0.1) is 23.5 Å². The molecule has 1 aliphatic rings. The summed E-state index contributed by atoms with van der Waals surface area (Å²) < 4.78 is 11.0. The summed E-state index contributed by atoms with van der Waals surface area (Å²) in [5.41, 5.74) is 3.04. The predicted octanol–water partition coefficient (Wildman–Crippen LogP) is 4.64. The highest BCUT2D eigenvalue weighted by atomic mass is 32.1. The molecule has 0 fully saturated rings. The maximum atomic E-state index is 12.6. The number of ether oxygens (including phenoxy) is 2. The van der Waals surface area contributed by atoms with E-state index in [1.807, 2.05) is 43.3 Å². The van der Waals surface area contributed by atoms with Crippen molar-refractivity contribution >= 4 is 45.6 Å². The van der Waals surface area contributed by atoms with Crippen molar-refractivity contribution in [1.29, 1.82) is 0 Å². The van der Waals surface area contributed by atoms with Gasteiger partial charge in [-0.15, -0.1) is 11.3 Å². The van der Waals surface area contributed by atoms with E-state index in [0.29, 0.717) is 22.3 Å². The smallest absolute Gasteiger partial charge is 0.307 e. The van der Waals surface area contributed by atoms with Crippen molar-refractivity contribution in [2.24, 2.45) is 0 Å². The number of rotatable bonds is 8. The molecule has 0 bridgehead atoms. The lowest BCUT2D eigenvalue weighted by molar-refractivity contribution is -0.144. The van der Waals surface area contributed by atoms with E-state index in [0.717, 1.165) is 17.7 Å². The molecule has 3 aromatic rings. The Morgan fingerprint density at radius 2 is 1.91 bits per heavy atom. The van der Waals surface area contributed by atoms with Gasteiger partial charge < -0.3 is 14.4 Å². The molecule has 182 valence electrons. The molecule has 4 rings (SSSR count). The Morgan fingerprint density at radius 1 is 1.17 bits per heavy atom. The maximum absolute atomic E-state index is 12.6. The highest BCUT2D eigenvalue weighted by molar-refractivity contribution is 7.14. The second-order valence-electron chi connectivity index (χ2n) is 8.09. The van der Waals surface area contributed by atoms with Gasteiger partial charge in [-0.25, -0.2) is 4.98 Å². The van der Waals surface area contributed by atoms with Crippen LogP contribution in [0.5, 0.6) is 5.75 Å². The SMILES string of the molecule is CCc1ccccc1N(C(C)=O)c1nc(COC(=O)CCN2C(=O)[C@@H](C)Oc3ccccc32)cs1. The zero-order chi connectivity index (χ0) is 24.9. The number of aromatic nitrogens is 1. The number of aryl methyl sites for hydroxylation is 1. The summed E-state index contributed by atoms with van der Waals surface area (Å²) in [6.45, 7) is 5.40. The third-order valence-corrected chi connectivity index (χ3v) is 6.53. The zero-order valence-electron chi connectivity index (χ0n) is 19.9. The molecule has 8 nitrogen and oxygen atoms in total. The zero-order valence-corrected chi connectivity index (χ0v) is 20.7. The lowest BCUT2D eigenvalue weighted by Crippen LogP contribution is -2.45. The van der Waals surface area contributed by atoms with Crippen LogP contribution in [0.1, 0.15) is 38.4 Å². The number of carbonyl (C=O) groups excluding carboxylic acids is 3. The molecular weight excluding hydrogens is 466 g/mol. The van der Waals surface area contributed by atoms with Gasteiger partial charge >= 0.3 is 5.97 Å². The minimum absolute atomic E-state index is 0.0133. The fraction of sp³-hybridized carbons (Fsp3) is 0.308. The molecule has 0 saturated heterocycles. The number of amides is 2. The standard InChI is InChI=1S/C26H27N3O5S/c1-4-19-9-5-6-10-21(19)29(18(3)30)26-27-20(16-35-26)15-33-24(31)13-14-28-22-11-7-8-12-23(22)34-17(2)25(28)32/h5-12,16-17H,4,13-15H2,1-3H3/t17-/m1/s1. The van der Waals surface area contributed by atoms with Crippen LogP contribution < -0.4 is 14.5 Å². The lowest BCUT2D eigenvalue weighted by atomic mass is 10.1. The Morgan fingerprint density at radius 3 is 2.69 bits per heavy atom. The molecular formula is C26H27N3O5S. The van der Waals surface area contributed by atoms with Crippen LogP contribution in [0.15, 0.2) is 53.9 Å². The van der Waals surface area contributed by atoms with Gasteiger partial charge in [0, 0.05) is 18.8 Å². The van der Waals surface area contributed by atoms with Crippen LogP contribution in [0.2, 0.25) is 0 Å². The van der Waals surface area contributed by atoms with E-state index in [9.17, 15) is 14.4 Å². The predicted molar refractivity (Wildman–Crippen MR) is 134 cm³/mol. The van der Waals surface area contributed by atoms with E-state index in [-0.39, 0.29) is 31.4 Å². The van der Waals surface area contributed by atoms with Crippen molar-refractivity contribution < 1.29 is 23.9 Å². The van der Waals surface area contributed by atoms with Crippen molar-refractivity contribution in [1.82, 2.24) is 4.98 Å². The summed E-state index contributed by atoms with van der Waals surface area (Å²) in [4.78, 5) is 45.1. The number of para-hydroxylation sites is 3. The summed E-state index contributed by atoms with van der Waals surface area (Å²) in [6.07, 6.45) is 0.203. The third kappa shape index (κ3) is 5.35. The van der Waals surface area contributed by atoms with Gasteiger partial charge in [0.15, 0.2) is 11.2 Å². The lowest BCUT2D eigenvalue weighted by Gasteiger charge is -2.32. The molecule has 1 aromatic heterocycles. The average molecular weight is 494 g/mol. The molecule has 2 amide bonds. The van der Waals surface area contributed by atoms with Crippen LogP contribution >= 0.6 is 11.3 Å². The van der Waals surface area contributed by atoms with Gasteiger partial charge in [-0.3, -0.25) is 19.3 Å². The summed E-state index contributed by atoms with van der Waals surface area (Å²) in [7, 11) is 0. The number of esters is 1. The fourth-order valence-electron chi connectivity index (χ4n) is 3.92. The van der Waals surface area contributed by atoms with E-state index in [1.165, 1.54) is 18.3 Å². The third-order valence-electron chi connectivity index (χ3n) is 5.65. The van der Waals surface area contributed by atoms with Crippen LogP contribution in [0.3, 0.4) is 0 Å². The molecule has 0 unspecified atom stereocenters. The molecule has 0 radical (unpaired) electrons. The first-order chi connectivity index (χ1) is 16.9. The van der Waals surface area contributed by atoms with Crippen LogP contribution in [0.4, 0.5) is 16.5 Å². The van der Waals surface area contributed by atoms with Crippen LogP contribution in [0, 0.1) is 0 Å². The molecule has 2 heterocycles. The Bertz CT molecular complexity index is 1240. The van der Waals surface area contributed by atoms with Crippen molar-refractivity contribution in [2.75, 3.05) is 16.3 Å². The second-order valence-corrected chi connectivity index (χ2v) is 8.92. The molecule has 2 aromatic carbocycles. The van der Waals surface area contributed by atoms with Gasteiger partial charge in [0.2, 0.25) is 5.91 Å². The molecule has 0 spiro atoms. The molecule has 35 heavy (non-hydrogen) atoms. The van der Waals surface area contributed by atoms with E-state index in [4.69, 9.17) is 9.47 Å². The van der Waals surface area contributed by atoms with Crippen molar-refractivity contribution in [3.8, 4) is 5.75 Å². The number of anilines is 3. The molecule has 0 saturated carbocycles. The molecule has 1 aliphatic heterocycles. The molecule has 0 aliphatic carbocycles. The van der Waals surface area contributed by atoms with Gasteiger partial charge in [-0.1, -0.05) is 37.3 Å². The number of thiazole rings is 1. The summed E-state index contributed by atoms with van der Waals surface area (Å²) in [5, 5.41) is 2.30. The maximum Gasteiger partial charge on any atom is 0.307 e. The summed E-state index contributed by atoms with van der Waals surface area (Å²) in [5.74, 6) is -0.169. The monoisotopic (exact) mass is 493 g/mol. The summed E-state index contributed by atoms with van der Waals surface area (Å²) in [6, 6.07) is 15.0.